The molecule has 0 atom stereocenters. The number of morpholine rings is 1. The molecule has 33 heavy (non-hydrogen) atoms. The minimum atomic E-state index is -0.258. The number of anilines is 2. The molecule has 1 aliphatic rings. The molecule has 0 saturated carbocycles. The van der Waals surface area contributed by atoms with E-state index in [-0.39, 0.29) is 18.4 Å². The number of aromatic nitrogens is 3. The molecule has 172 valence electrons. The van der Waals surface area contributed by atoms with E-state index in [2.05, 4.69) is 20.8 Å². The number of nitrogens with one attached hydrogen (secondary N) is 3. The van der Waals surface area contributed by atoms with E-state index in [0.717, 1.165) is 18.7 Å². The van der Waals surface area contributed by atoms with Crippen LogP contribution in [0.4, 0.5) is 11.4 Å². The van der Waals surface area contributed by atoms with Gasteiger partial charge in [0.2, 0.25) is 11.8 Å². The van der Waals surface area contributed by atoms with Gasteiger partial charge in [-0.3, -0.25) is 24.2 Å². The van der Waals surface area contributed by atoms with Crippen LogP contribution in [0.3, 0.4) is 0 Å². The Morgan fingerprint density at radius 1 is 0.970 bits per heavy atom. The second kappa shape index (κ2) is 10.7. The van der Waals surface area contributed by atoms with Crippen molar-refractivity contribution < 1.29 is 14.3 Å². The molecule has 1 saturated heterocycles. The Bertz CT molecular complexity index is 1170. The number of rotatable bonds is 7. The number of ether oxygens (including phenoxy) is 1. The molecule has 0 bridgehead atoms. The lowest BCUT2D eigenvalue weighted by atomic mass is 10.2. The summed E-state index contributed by atoms with van der Waals surface area (Å²) in [5.74, 6) is 0.203. The quantitative estimate of drug-likeness (QED) is 0.443. The predicted octanol–water partition coefficient (Wildman–Crippen LogP) is 3.17. The Morgan fingerprint density at radius 3 is 2.15 bits per heavy atom. The first-order valence-corrected chi connectivity index (χ1v) is 11.2. The predicted molar refractivity (Wildman–Crippen MR) is 129 cm³/mol. The van der Waals surface area contributed by atoms with Crippen molar-refractivity contribution in [2.75, 3.05) is 43.5 Å². The molecule has 2 aromatic carbocycles. The number of hydrogen-bond donors (Lipinski definition) is 3. The van der Waals surface area contributed by atoms with Crippen LogP contribution in [0.1, 0.15) is 0 Å². The smallest absolute Gasteiger partial charge is 0.244 e. The van der Waals surface area contributed by atoms with Crippen molar-refractivity contribution >= 4 is 47.0 Å². The summed E-state index contributed by atoms with van der Waals surface area (Å²) in [5, 5.41) is 13.3. The van der Waals surface area contributed by atoms with Crippen LogP contribution < -0.4 is 10.6 Å². The summed E-state index contributed by atoms with van der Waals surface area (Å²) in [7, 11) is 0. The fourth-order valence-electron chi connectivity index (χ4n) is 3.43. The Hall–Kier alpha value is -3.05. The van der Waals surface area contributed by atoms with E-state index < -0.39 is 0 Å². The van der Waals surface area contributed by atoms with Crippen LogP contribution in [-0.2, 0) is 20.9 Å². The monoisotopic (exact) mass is 486 g/mol. The zero-order chi connectivity index (χ0) is 23.2. The summed E-state index contributed by atoms with van der Waals surface area (Å²) in [6, 6.07) is 14.1. The molecule has 3 N–H and O–H groups in total. The topological polar surface area (TPSA) is 104 Å². The zero-order valence-electron chi connectivity index (χ0n) is 17.7. The number of benzene rings is 2. The number of H-pyrrole nitrogens is 1. The maximum absolute atomic E-state index is 12.6. The normalized spacial score (nSPS) is 14.1. The molecule has 2 amide bonds. The second-order valence-corrected chi connectivity index (χ2v) is 8.33. The third kappa shape index (κ3) is 6.26. The number of carbonyl (C=O) groups excluding carboxylic acids is 2. The Morgan fingerprint density at radius 2 is 1.55 bits per heavy atom. The summed E-state index contributed by atoms with van der Waals surface area (Å²) >= 11 is 11.2. The minimum Gasteiger partial charge on any atom is -0.379 e. The molecule has 0 unspecified atom stereocenters. The molecule has 0 radical (unpaired) electrons. The number of aromatic amines is 1. The third-order valence-corrected chi connectivity index (χ3v) is 5.65. The van der Waals surface area contributed by atoms with Crippen LogP contribution in [-0.4, -0.2) is 64.3 Å². The Kier molecular flexibility index (Phi) is 7.50. The highest BCUT2D eigenvalue weighted by molar-refractivity contribution is 7.71. The van der Waals surface area contributed by atoms with Crippen molar-refractivity contribution in [1.29, 1.82) is 0 Å². The lowest BCUT2D eigenvalue weighted by molar-refractivity contribution is -0.118. The van der Waals surface area contributed by atoms with Crippen molar-refractivity contribution in [1.82, 2.24) is 19.7 Å². The van der Waals surface area contributed by atoms with E-state index >= 15 is 0 Å². The molecule has 9 nitrogen and oxygen atoms in total. The van der Waals surface area contributed by atoms with Gasteiger partial charge in [0, 0.05) is 35.1 Å². The van der Waals surface area contributed by atoms with Crippen LogP contribution in [0, 0.1) is 4.77 Å². The number of nitrogens with zero attached hydrogens (tertiary/aromatic N) is 3. The molecule has 1 aliphatic heterocycles. The molecule has 4 rings (SSSR count). The molecule has 1 fully saturated rings. The maximum atomic E-state index is 12.6. The van der Waals surface area contributed by atoms with E-state index in [1.54, 1.807) is 41.0 Å². The average molecular weight is 487 g/mol. The summed E-state index contributed by atoms with van der Waals surface area (Å²) in [4.78, 5) is 26.9. The summed E-state index contributed by atoms with van der Waals surface area (Å²) < 4.78 is 7.25. The van der Waals surface area contributed by atoms with E-state index in [9.17, 15) is 9.59 Å². The van der Waals surface area contributed by atoms with Crippen LogP contribution in [0.15, 0.2) is 48.5 Å². The van der Waals surface area contributed by atoms with Crippen LogP contribution in [0.5, 0.6) is 0 Å². The fourth-order valence-corrected chi connectivity index (χ4v) is 3.75. The molecule has 2 heterocycles. The van der Waals surface area contributed by atoms with Crippen molar-refractivity contribution in [3.63, 3.8) is 0 Å². The standard InChI is InChI=1S/C22H23ClN6O3S/c23-16-3-1-15(2-4-16)21-26-27-22(33)29(21)14-20(31)25-18-7-5-17(6-8-18)24-19(30)13-28-9-11-32-12-10-28/h1-8H,9-14H2,(H,24,30)(H,25,31)(H,27,33). The third-order valence-electron chi connectivity index (χ3n) is 5.09. The Labute approximate surface area is 200 Å². The molecule has 0 aliphatic carbocycles. The van der Waals surface area contributed by atoms with Gasteiger partial charge in [-0.2, -0.15) is 5.10 Å². The van der Waals surface area contributed by atoms with Gasteiger partial charge in [0.05, 0.1) is 19.8 Å². The fraction of sp³-hybridized carbons (Fsp3) is 0.273. The molecule has 11 heteroatoms. The van der Waals surface area contributed by atoms with Gasteiger partial charge < -0.3 is 15.4 Å². The summed E-state index contributed by atoms with van der Waals surface area (Å²) in [5.41, 5.74) is 2.05. The van der Waals surface area contributed by atoms with Crippen molar-refractivity contribution in [3.05, 3.63) is 58.3 Å². The van der Waals surface area contributed by atoms with Gasteiger partial charge in [-0.1, -0.05) is 11.6 Å². The van der Waals surface area contributed by atoms with Gasteiger partial charge in [-0.15, -0.1) is 0 Å². The summed E-state index contributed by atoms with van der Waals surface area (Å²) in [6.07, 6.45) is 0. The number of carbonyl (C=O) groups is 2. The van der Waals surface area contributed by atoms with Crippen LogP contribution in [0.25, 0.3) is 11.4 Å². The highest BCUT2D eigenvalue weighted by atomic mass is 35.5. The van der Waals surface area contributed by atoms with Crippen LogP contribution >= 0.6 is 23.8 Å². The van der Waals surface area contributed by atoms with Gasteiger partial charge in [-0.05, 0) is 60.7 Å². The number of hydrogen-bond acceptors (Lipinski definition) is 6. The average Bonchev–Trinajstić information content (AvgIpc) is 3.16. The zero-order valence-corrected chi connectivity index (χ0v) is 19.3. The van der Waals surface area contributed by atoms with Crippen molar-refractivity contribution in [2.24, 2.45) is 0 Å². The first-order chi connectivity index (χ1) is 16.0. The van der Waals surface area contributed by atoms with E-state index in [0.29, 0.717) is 46.8 Å². The first-order valence-electron chi connectivity index (χ1n) is 10.4. The molecular weight excluding hydrogens is 464 g/mol. The maximum Gasteiger partial charge on any atom is 0.244 e. The van der Waals surface area contributed by atoms with Gasteiger partial charge in [0.1, 0.15) is 6.54 Å². The second-order valence-electron chi connectivity index (χ2n) is 7.51. The highest BCUT2D eigenvalue weighted by Gasteiger charge is 2.15. The van der Waals surface area contributed by atoms with Gasteiger partial charge in [0.25, 0.3) is 0 Å². The number of amides is 2. The van der Waals surface area contributed by atoms with Gasteiger partial charge >= 0.3 is 0 Å². The van der Waals surface area contributed by atoms with Crippen molar-refractivity contribution in [3.8, 4) is 11.4 Å². The molecular formula is C22H23ClN6O3S. The molecule has 1 aromatic heterocycles. The SMILES string of the molecule is O=C(CN1CCOCC1)Nc1ccc(NC(=O)Cn2c(-c3ccc(Cl)cc3)n[nH]c2=S)cc1. The van der Waals surface area contributed by atoms with E-state index in [1.165, 1.54) is 0 Å². The lowest BCUT2D eigenvalue weighted by Gasteiger charge is -2.25. The summed E-state index contributed by atoms with van der Waals surface area (Å²) in [6.45, 7) is 3.10. The molecule has 0 spiro atoms. The Balaban J connectivity index is 1.34. The minimum absolute atomic E-state index is 0.00860. The lowest BCUT2D eigenvalue weighted by Crippen LogP contribution is -2.41. The van der Waals surface area contributed by atoms with Crippen LogP contribution in [0.2, 0.25) is 5.02 Å². The first kappa shape index (κ1) is 23.1. The van der Waals surface area contributed by atoms with Gasteiger partial charge in [-0.25, -0.2) is 0 Å². The van der Waals surface area contributed by atoms with Crippen molar-refractivity contribution in [2.45, 2.75) is 6.54 Å². The van der Waals surface area contributed by atoms with E-state index in [1.807, 2.05) is 17.0 Å². The number of halogens is 1. The highest BCUT2D eigenvalue weighted by Crippen LogP contribution is 2.20. The van der Waals surface area contributed by atoms with Gasteiger partial charge in [0.15, 0.2) is 10.6 Å². The van der Waals surface area contributed by atoms with E-state index in [4.69, 9.17) is 28.6 Å². The molecule has 3 aromatic rings. The largest absolute Gasteiger partial charge is 0.379 e.